The van der Waals surface area contributed by atoms with E-state index in [1.165, 1.54) is 5.56 Å². The summed E-state index contributed by atoms with van der Waals surface area (Å²) in [6, 6.07) is 3.63. The molecular weight excluding hydrogens is 230 g/mol. The van der Waals surface area contributed by atoms with E-state index in [1.54, 1.807) is 0 Å². The highest BCUT2D eigenvalue weighted by molar-refractivity contribution is 6.01. The zero-order valence-electron chi connectivity index (χ0n) is 10.0. The zero-order chi connectivity index (χ0) is 12.5. The van der Waals surface area contributed by atoms with Crippen molar-refractivity contribution in [2.75, 3.05) is 5.32 Å². The van der Waals surface area contributed by atoms with Crippen LogP contribution in [-0.4, -0.2) is 22.8 Å². The molecule has 5 nitrogen and oxygen atoms in total. The van der Waals surface area contributed by atoms with Crippen molar-refractivity contribution in [1.29, 1.82) is 0 Å². The number of amides is 2. The maximum atomic E-state index is 11.6. The van der Waals surface area contributed by atoms with E-state index in [9.17, 15) is 9.59 Å². The van der Waals surface area contributed by atoms with E-state index in [4.69, 9.17) is 0 Å². The Labute approximate surface area is 105 Å². The van der Waals surface area contributed by atoms with Crippen LogP contribution in [0.5, 0.6) is 0 Å². The van der Waals surface area contributed by atoms with Crippen LogP contribution in [0, 0.1) is 0 Å². The van der Waals surface area contributed by atoms with E-state index >= 15 is 0 Å². The van der Waals surface area contributed by atoms with Crippen LogP contribution in [0.4, 0.5) is 5.82 Å². The fourth-order valence-corrected chi connectivity index (χ4v) is 2.51. The molecule has 1 saturated heterocycles. The van der Waals surface area contributed by atoms with Gasteiger partial charge in [0, 0.05) is 12.1 Å². The molecule has 1 aromatic rings. The summed E-state index contributed by atoms with van der Waals surface area (Å²) in [4.78, 5) is 27.2. The third kappa shape index (κ3) is 2.08. The topological polar surface area (TPSA) is 71.1 Å². The van der Waals surface area contributed by atoms with Crippen molar-refractivity contribution < 1.29 is 9.59 Å². The molecule has 2 aliphatic rings. The van der Waals surface area contributed by atoms with Crippen LogP contribution in [0.15, 0.2) is 12.1 Å². The zero-order valence-corrected chi connectivity index (χ0v) is 10.0. The average Bonchev–Trinajstić information content (AvgIpc) is 2.80. The summed E-state index contributed by atoms with van der Waals surface area (Å²) >= 11 is 0. The number of pyridine rings is 1. The molecule has 0 radical (unpaired) electrons. The SMILES string of the molecule is O=C1CCC(Nc2ccc3c(n2)CCC3)C(=O)N1. The molecule has 2 amide bonds. The minimum Gasteiger partial charge on any atom is -0.358 e. The van der Waals surface area contributed by atoms with Crippen molar-refractivity contribution in [3.05, 3.63) is 23.4 Å². The summed E-state index contributed by atoms with van der Waals surface area (Å²) in [5, 5.41) is 5.44. The lowest BCUT2D eigenvalue weighted by molar-refractivity contribution is -0.133. The number of piperidine rings is 1. The molecule has 0 saturated carbocycles. The number of aryl methyl sites for hydroxylation is 2. The van der Waals surface area contributed by atoms with Crippen LogP contribution in [0.2, 0.25) is 0 Å². The number of nitrogens with one attached hydrogen (secondary N) is 2. The Hall–Kier alpha value is -1.91. The van der Waals surface area contributed by atoms with Gasteiger partial charge in [-0.25, -0.2) is 4.98 Å². The second-order valence-corrected chi connectivity index (χ2v) is 4.80. The van der Waals surface area contributed by atoms with Gasteiger partial charge < -0.3 is 5.32 Å². The normalized spacial score (nSPS) is 22.6. The minimum atomic E-state index is -0.352. The average molecular weight is 245 g/mol. The number of hydrogen-bond donors (Lipinski definition) is 2. The van der Waals surface area contributed by atoms with Crippen LogP contribution < -0.4 is 10.6 Å². The first-order chi connectivity index (χ1) is 8.72. The van der Waals surface area contributed by atoms with Gasteiger partial charge in [0.15, 0.2) is 0 Å². The van der Waals surface area contributed by atoms with E-state index < -0.39 is 0 Å². The molecule has 1 aromatic heterocycles. The monoisotopic (exact) mass is 245 g/mol. The van der Waals surface area contributed by atoms with Gasteiger partial charge in [-0.15, -0.1) is 0 Å². The quantitative estimate of drug-likeness (QED) is 0.756. The van der Waals surface area contributed by atoms with E-state index in [-0.39, 0.29) is 17.9 Å². The third-order valence-electron chi connectivity index (χ3n) is 3.49. The molecule has 0 bridgehead atoms. The van der Waals surface area contributed by atoms with Gasteiger partial charge in [0.2, 0.25) is 11.8 Å². The Morgan fingerprint density at radius 2 is 2.11 bits per heavy atom. The molecule has 1 aliphatic heterocycles. The van der Waals surface area contributed by atoms with Crippen LogP contribution in [0.1, 0.15) is 30.5 Å². The highest BCUT2D eigenvalue weighted by Gasteiger charge is 2.26. The number of carbonyl (C=O) groups is 2. The van der Waals surface area contributed by atoms with E-state index in [0.717, 1.165) is 30.8 Å². The van der Waals surface area contributed by atoms with Gasteiger partial charge in [0.05, 0.1) is 0 Å². The molecule has 94 valence electrons. The molecule has 1 fully saturated rings. The summed E-state index contributed by atoms with van der Waals surface area (Å²) in [7, 11) is 0. The standard InChI is InChI=1S/C13H15N3O2/c17-12-7-5-10(13(18)16-12)15-11-6-4-8-2-1-3-9(8)14-11/h4,6,10H,1-3,5,7H2,(H,14,15)(H,16,17,18). The van der Waals surface area contributed by atoms with Gasteiger partial charge in [0.25, 0.3) is 0 Å². The van der Waals surface area contributed by atoms with Crippen molar-refractivity contribution in [3.63, 3.8) is 0 Å². The van der Waals surface area contributed by atoms with Crippen LogP contribution in [-0.2, 0) is 22.4 Å². The first-order valence-electron chi connectivity index (χ1n) is 6.31. The van der Waals surface area contributed by atoms with Gasteiger partial charge in [-0.2, -0.15) is 0 Å². The molecule has 18 heavy (non-hydrogen) atoms. The predicted molar refractivity (Wildman–Crippen MR) is 66.1 cm³/mol. The first-order valence-corrected chi connectivity index (χ1v) is 6.31. The number of rotatable bonds is 2. The second kappa shape index (κ2) is 4.40. The van der Waals surface area contributed by atoms with E-state index in [2.05, 4.69) is 21.7 Å². The van der Waals surface area contributed by atoms with Crippen LogP contribution >= 0.6 is 0 Å². The number of aromatic nitrogens is 1. The summed E-state index contributed by atoms with van der Waals surface area (Å²) in [5.41, 5.74) is 2.44. The van der Waals surface area contributed by atoms with Crippen molar-refractivity contribution in [3.8, 4) is 0 Å². The molecule has 2 N–H and O–H groups in total. The van der Waals surface area contributed by atoms with Gasteiger partial charge in [0.1, 0.15) is 11.9 Å². The maximum absolute atomic E-state index is 11.6. The molecule has 1 aliphatic carbocycles. The number of nitrogens with zero attached hydrogens (tertiary/aromatic N) is 1. The van der Waals surface area contributed by atoms with Crippen molar-refractivity contribution in [1.82, 2.24) is 10.3 Å². The van der Waals surface area contributed by atoms with Gasteiger partial charge in [-0.05, 0) is 37.3 Å². The fraction of sp³-hybridized carbons (Fsp3) is 0.462. The smallest absolute Gasteiger partial charge is 0.249 e. The minimum absolute atomic E-state index is 0.194. The molecular formula is C13H15N3O2. The lowest BCUT2D eigenvalue weighted by Crippen LogP contribution is -2.47. The maximum Gasteiger partial charge on any atom is 0.249 e. The number of fused-ring (bicyclic) bond motifs is 1. The Morgan fingerprint density at radius 3 is 2.94 bits per heavy atom. The molecule has 0 aromatic carbocycles. The van der Waals surface area contributed by atoms with Crippen molar-refractivity contribution >= 4 is 17.6 Å². The van der Waals surface area contributed by atoms with E-state index in [1.807, 2.05) is 6.07 Å². The Kier molecular flexibility index (Phi) is 2.74. The van der Waals surface area contributed by atoms with Crippen molar-refractivity contribution in [2.45, 2.75) is 38.1 Å². The van der Waals surface area contributed by atoms with Gasteiger partial charge in [-0.1, -0.05) is 6.07 Å². The van der Waals surface area contributed by atoms with Crippen molar-refractivity contribution in [2.24, 2.45) is 0 Å². The molecule has 1 unspecified atom stereocenters. The number of carbonyl (C=O) groups excluding carboxylic acids is 2. The first kappa shape index (κ1) is 11.2. The lowest BCUT2D eigenvalue weighted by Gasteiger charge is -2.22. The lowest BCUT2D eigenvalue weighted by atomic mass is 10.1. The molecule has 0 spiro atoms. The number of imide groups is 1. The van der Waals surface area contributed by atoms with E-state index in [0.29, 0.717) is 12.8 Å². The highest BCUT2D eigenvalue weighted by Crippen LogP contribution is 2.22. The van der Waals surface area contributed by atoms with Gasteiger partial charge >= 0.3 is 0 Å². The largest absolute Gasteiger partial charge is 0.358 e. The Balaban J connectivity index is 1.73. The van der Waals surface area contributed by atoms with Crippen LogP contribution in [0.3, 0.4) is 0 Å². The number of anilines is 1. The molecule has 3 rings (SSSR count). The predicted octanol–water partition coefficient (Wildman–Crippen LogP) is 0.787. The summed E-state index contributed by atoms with van der Waals surface area (Å²) < 4.78 is 0. The summed E-state index contributed by atoms with van der Waals surface area (Å²) in [6.07, 6.45) is 4.18. The summed E-state index contributed by atoms with van der Waals surface area (Å²) in [6.45, 7) is 0. The molecule has 1 atom stereocenters. The third-order valence-corrected chi connectivity index (χ3v) is 3.49. The van der Waals surface area contributed by atoms with Crippen LogP contribution in [0.25, 0.3) is 0 Å². The Morgan fingerprint density at radius 1 is 1.22 bits per heavy atom. The number of hydrogen-bond acceptors (Lipinski definition) is 4. The molecule has 5 heteroatoms. The second-order valence-electron chi connectivity index (χ2n) is 4.80. The highest BCUT2D eigenvalue weighted by atomic mass is 16.2. The molecule has 2 heterocycles. The summed E-state index contributed by atoms with van der Waals surface area (Å²) in [5.74, 6) is 0.277. The Bertz CT molecular complexity index is 513. The van der Waals surface area contributed by atoms with Gasteiger partial charge in [-0.3, -0.25) is 14.9 Å². The fourth-order valence-electron chi connectivity index (χ4n) is 2.51.